The third-order valence-corrected chi connectivity index (χ3v) is 5.75. The van der Waals surface area contributed by atoms with Crippen molar-refractivity contribution in [3.05, 3.63) is 28.2 Å². The fourth-order valence-corrected chi connectivity index (χ4v) is 4.46. The van der Waals surface area contributed by atoms with Crippen LogP contribution in [-0.4, -0.2) is 62.1 Å². The molecule has 21 heavy (non-hydrogen) atoms. The van der Waals surface area contributed by atoms with Gasteiger partial charge in [0.05, 0.1) is 4.90 Å². The minimum Gasteiger partial charge on any atom is -0.396 e. The second-order valence-corrected chi connectivity index (χ2v) is 7.74. The number of hydrogen-bond acceptors (Lipinski definition) is 4. The fraction of sp³-hybridized carbons (Fsp3) is 0.538. The van der Waals surface area contributed by atoms with Crippen molar-refractivity contribution in [3.8, 4) is 0 Å². The van der Waals surface area contributed by atoms with E-state index in [1.54, 1.807) is 0 Å². The van der Waals surface area contributed by atoms with Crippen LogP contribution in [0.3, 0.4) is 0 Å². The van der Waals surface area contributed by atoms with Crippen molar-refractivity contribution in [1.29, 1.82) is 0 Å². The van der Waals surface area contributed by atoms with Crippen molar-refractivity contribution in [3.63, 3.8) is 0 Å². The van der Waals surface area contributed by atoms with E-state index in [9.17, 15) is 8.42 Å². The normalized spacial score (nSPS) is 18.0. The van der Waals surface area contributed by atoms with Gasteiger partial charge in [0.1, 0.15) is 0 Å². The van der Waals surface area contributed by atoms with Crippen LogP contribution in [-0.2, 0) is 10.0 Å². The third-order valence-electron chi connectivity index (χ3n) is 3.44. The van der Waals surface area contributed by atoms with E-state index in [0.29, 0.717) is 42.6 Å². The van der Waals surface area contributed by atoms with Crippen LogP contribution < -0.4 is 0 Å². The Kier molecular flexibility index (Phi) is 5.88. The minimum absolute atomic E-state index is 0.129. The molecule has 0 atom stereocenters. The predicted octanol–water partition coefficient (Wildman–Crippen LogP) is 1.68. The molecule has 8 heteroatoms. The van der Waals surface area contributed by atoms with Crippen LogP contribution in [0.5, 0.6) is 0 Å². The molecule has 1 N–H and O–H groups in total. The van der Waals surface area contributed by atoms with E-state index >= 15 is 0 Å². The van der Waals surface area contributed by atoms with E-state index in [1.807, 2.05) is 0 Å². The zero-order valence-corrected chi connectivity index (χ0v) is 13.8. The predicted molar refractivity (Wildman–Crippen MR) is 83.4 cm³/mol. The lowest BCUT2D eigenvalue weighted by atomic mass is 10.3. The number of piperazine rings is 1. The molecule has 118 valence electrons. The number of aliphatic hydroxyl groups excluding tert-OH is 1. The van der Waals surface area contributed by atoms with Gasteiger partial charge < -0.3 is 10.0 Å². The monoisotopic (exact) mass is 352 g/mol. The lowest BCUT2D eigenvalue weighted by Crippen LogP contribution is -2.48. The Morgan fingerprint density at radius 2 is 1.62 bits per heavy atom. The Hall–Kier alpha value is -0.370. The molecule has 1 heterocycles. The van der Waals surface area contributed by atoms with Gasteiger partial charge in [-0.2, -0.15) is 4.31 Å². The molecule has 2 rings (SSSR count). The van der Waals surface area contributed by atoms with Crippen molar-refractivity contribution < 1.29 is 13.5 Å². The third kappa shape index (κ3) is 4.31. The number of hydrogen-bond donors (Lipinski definition) is 1. The molecule has 0 saturated carbocycles. The highest BCUT2D eigenvalue weighted by atomic mass is 35.5. The summed E-state index contributed by atoms with van der Waals surface area (Å²) in [6.07, 6.45) is 0.705. The molecule has 1 aliphatic heterocycles. The van der Waals surface area contributed by atoms with E-state index in [-0.39, 0.29) is 11.5 Å². The summed E-state index contributed by atoms with van der Waals surface area (Å²) in [6, 6.07) is 4.34. The van der Waals surface area contributed by atoms with E-state index in [1.165, 1.54) is 22.5 Å². The van der Waals surface area contributed by atoms with E-state index in [2.05, 4.69) is 4.90 Å². The summed E-state index contributed by atoms with van der Waals surface area (Å²) in [5, 5.41) is 9.44. The van der Waals surface area contributed by atoms with Gasteiger partial charge in [-0.1, -0.05) is 23.2 Å². The van der Waals surface area contributed by atoms with Gasteiger partial charge >= 0.3 is 0 Å². The van der Waals surface area contributed by atoms with Crippen LogP contribution in [0.1, 0.15) is 6.42 Å². The Balaban J connectivity index is 2.07. The minimum atomic E-state index is -3.56. The molecule has 0 amide bonds. The molecule has 0 spiro atoms. The summed E-state index contributed by atoms with van der Waals surface area (Å²) < 4.78 is 26.6. The van der Waals surface area contributed by atoms with Crippen molar-refractivity contribution in [1.82, 2.24) is 9.21 Å². The fourth-order valence-electron chi connectivity index (χ4n) is 2.31. The molecule has 0 aromatic heterocycles. The van der Waals surface area contributed by atoms with Crippen LogP contribution in [0.15, 0.2) is 23.1 Å². The van der Waals surface area contributed by atoms with E-state index < -0.39 is 10.0 Å². The molecule has 0 aliphatic carbocycles. The Morgan fingerprint density at radius 1 is 1.05 bits per heavy atom. The second kappa shape index (κ2) is 7.26. The van der Waals surface area contributed by atoms with Crippen LogP contribution in [0, 0.1) is 0 Å². The molecule has 1 aliphatic rings. The molecule has 1 aromatic carbocycles. The van der Waals surface area contributed by atoms with Gasteiger partial charge in [-0.3, -0.25) is 0 Å². The van der Waals surface area contributed by atoms with E-state index in [0.717, 1.165) is 6.54 Å². The highest BCUT2D eigenvalue weighted by Crippen LogP contribution is 2.25. The highest BCUT2D eigenvalue weighted by molar-refractivity contribution is 7.89. The maximum Gasteiger partial charge on any atom is 0.243 e. The number of benzene rings is 1. The van der Waals surface area contributed by atoms with Gasteiger partial charge in [-0.05, 0) is 24.6 Å². The summed E-state index contributed by atoms with van der Waals surface area (Å²) in [7, 11) is -3.56. The lowest BCUT2D eigenvalue weighted by molar-refractivity contribution is 0.171. The van der Waals surface area contributed by atoms with Crippen molar-refractivity contribution in [2.24, 2.45) is 0 Å². The highest BCUT2D eigenvalue weighted by Gasteiger charge is 2.28. The number of rotatable bonds is 5. The number of sulfonamides is 1. The molecule has 1 fully saturated rings. The van der Waals surface area contributed by atoms with Crippen LogP contribution in [0.2, 0.25) is 10.0 Å². The summed E-state index contributed by atoms with van der Waals surface area (Å²) in [5.41, 5.74) is 0. The second-order valence-electron chi connectivity index (χ2n) is 4.93. The molecular weight excluding hydrogens is 335 g/mol. The van der Waals surface area contributed by atoms with Crippen LogP contribution >= 0.6 is 23.2 Å². The summed E-state index contributed by atoms with van der Waals surface area (Å²) in [6.45, 7) is 3.11. The number of aliphatic hydroxyl groups is 1. The van der Waals surface area contributed by atoms with Crippen LogP contribution in [0.25, 0.3) is 0 Å². The van der Waals surface area contributed by atoms with Crippen molar-refractivity contribution >= 4 is 33.2 Å². The molecule has 5 nitrogen and oxygen atoms in total. The lowest BCUT2D eigenvalue weighted by Gasteiger charge is -2.33. The Labute approximate surface area is 135 Å². The maximum atomic E-state index is 12.6. The first-order valence-electron chi connectivity index (χ1n) is 6.73. The zero-order valence-electron chi connectivity index (χ0n) is 11.5. The molecule has 1 saturated heterocycles. The van der Waals surface area contributed by atoms with Gasteiger partial charge in [-0.15, -0.1) is 0 Å². The van der Waals surface area contributed by atoms with Gasteiger partial charge in [-0.25, -0.2) is 8.42 Å². The summed E-state index contributed by atoms with van der Waals surface area (Å²) >= 11 is 11.8. The molecular formula is C13H18Cl2N2O3S. The van der Waals surface area contributed by atoms with E-state index in [4.69, 9.17) is 28.3 Å². The number of nitrogens with zero attached hydrogens (tertiary/aromatic N) is 2. The van der Waals surface area contributed by atoms with Gasteiger partial charge in [0.15, 0.2) is 0 Å². The average Bonchev–Trinajstić information content (AvgIpc) is 2.44. The van der Waals surface area contributed by atoms with Crippen molar-refractivity contribution in [2.45, 2.75) is 11.3 Å². The Morgan fingerprint density at radius 3 is 2.14 bits per heavy atom. The van der Waals surface area contributed by atoms with Crippen LogP contribution in [0.4, 0.5) is 0 Å². The summed E-state index contributed by atoms with van der Waals surface area (Å²) in [5.74, 6) is 0. The van der Waals surface area contributed by atoms with Gasteiger partial charge in [0, 0.05) is 49.4 Å². The Bertz CT molecular complexity index is 567. The summed E-state index contributed by atoms with van der Waals surface area (Å²) in [4.78, 5) is 2.27. The molecule has 0 bridgehead atoms. The molecule has 0 radical (unpaired) electrons. The first-order valence-corrected chi connectivity index (χ1v) is 8.92. The average molecular weight is 353 g/mol. The number of halogens is 2. The zero-order chi connectivity index (χ0) is 15.5. The molecule has 1 aromatic rings. The first-order chi connectivity index (χ1) is 9.93. The largest absolute Gasteiger partial charge is 0.396 e. The van der Waals surface area contributed by atoms with Gasteiger partial charge in [0.25, 0.3) is 0 Å². The van der Waals surface area contributed by atoms with Gasteiger partial charge in [0.2, 0.25) is 10.0 Å². The molecule has 0 unspecified atom stereocenters. The quantitative estimate of drug-likeness (QED) is 0.875. The topological polar surface area (TPSA) is 60.9 Å². The standard InChI is InChI=1S/C13H18Cl2N2O3S/c14-11-8-12(15)10-13(9-11)21(19,20)17-5-3-16(4-6-17)2-1-7-18/h8-10,18H,1-7H2. The smallest absolute Gasteiger partial charge is 0.243 e. The SMILES string of the molecule is O=S(=O)(c1cc(Cl)cc(Cl)c1)N1CCN(CCCO)CC1. The maximum absolute atomic E-state index is 12.6. The first kappa shape index (κ1) is 17.0. The van der Waals surface area contributed by atoms with Crippen molar-refractivity contribution in [2.75, 3.05) is 39.3 Å².